The van der Waals surface area contributed by atoms with Crippen LogP contribution in [0.5, 0.6) is 0 Å². The van der Waals surface area contributed by atoms with Crippen LogP contribution >= 0.6 is 11.6 Å². The van der Waals surface area contributed by atoms with Crippen LogP contribution in [0.15, 0.2) is 24.3 Å². The number of hydrogen-bond donors (Lipinski definition) is 2. The first-order valence-electron chi connectivity index (χ1n) is 7.28. The van der Waals surface area contributed by atoms with Crippen molar-refractivity contribution in [2.24, 2.45) is 5.92 Å². The first kappa shape index (κ1) is 15.8. The summed E-state index contributed by atoms with van der Waals surface area (Å²) in [5.41, 5.74) is -0.758. The normalized spacial score (nSPS) is 25.3. The topological polar surface area (TPSA) is 66.4 Å². The molecule has 5 heteroatoms. The fourth-order valence-corrected chi connectivity index (χ4v) is 3.08. The second-order valence-corrected chi connectivity index (χ2v) is 6.14. The van der Waals surface area contributed by atoms with Gasteiger partial charge >= 0.3 is 5.97 Å². The Bertz CT molecular complexity index is 536. The van der Waals surface area contributed by atoms with E-state index in [1.165, 1.54) is 0 Å². The molecule has 1 aliphatic carbocycles. The van der Waals surface area contributed by atoms with Crippen LogP contribution in [-0.4, -0.2) is 22.5 Å². The third kappa shape index (κ3) is 3.56. The monoisotopic (exact) mass is 309 g/mol. The van der Waals surface area contributed by atoms with Crippen molar-refractivity contribution < 1.29 is 14.7 Å². The van der Waals surface area contributed by atoms with Crippen molar-refractivity contribution in [1.29, 1.82) is 0 Å². The number of hydrogen-bond acceptors (Lipinski definition) is 2. The van der Waals surface area contributed by atoms with E-state index in [1.54, 1.807) is 24.3 Å². The van der Waals surface area contributed by atoms with Gasteiger partial charge in [0, 0.05) is 10.6 Å². The van der Waals surface area contributed by atoms with Gasteiger partial charge in [-0.3, -0.25) is 4.79 Å². The first-order valence-corrected chi connectivity index (χ1v) is 7.66. The maximum atomic E-state index is 12.3. The highest BCUT2D eigenvalue weighted by molar-refractivity contribution is 6.31. The van der Waals surface area contributed by atoms with Gasteiger partial charge in [-0.2, -0.15) is 0 Å². The SMILES string of the molecule is CCC1CCC(NC(=O)c2cccc(Cl)c2)(C(=O)O)CC1. The summed E-state index contributed by atoms with van der Waals surface area (Å²) in [6.07, 6.45) is 3.68. The van der Waals surface area contributed by atoms with Crippen molar-refractivity contribution in [2.75, 3.05) is 0 Å². The zero-order chi connectivity index (χ0) is 15.5. The molecule has 1 fully saturated rings. The van der Waals surface area contributed by atoms with Gasteiger partial charge in [-0.25, -0.2) is 4.79 Å². The van der Waals surface area contributed by atoms with Gasteiger partial charge in [-0.1, -0.05) is 31.0 Å². The van der Waals surface area contributed by atoms with E-state index in [0.717, 1.165) is 19.3 Å². The number of carboxylic acid groups (broad SMARTS) is 1. The van der Waals surface area contributed by atoms with Gasteiger partial charge in [0.2, 0.25) is 0 Å². The van der Waals surface area contributed by atoms with Gasteiger partial charge in [0.05, 0.1) is 0 Å². The van der Waals surface area contributed by atoms with Crippen LogP contribution in [0.4, 0.5) is 0 Å². The van der Waals surface area contributed by atoms with E-state index < -0.39 is 11.5 Å². The second kappa shape index (κ2) is 6.48. The number of carbonyl (C=O) groups excluding carboxylic acids is 1. The number of halogens is 1. The molecule has 1 aromatic carbocycles. The van der Waals surface area contributed by atoms with Crippen molar-refractivity contribution in [3.63, 3.8) is 0 Å². The molecular formula is C16H20ClNO3. The largest absolute Gasteiger partial charge is 0.480 e. The van der Waals surface area contributed by atoms with Crippen LogP contribution in [-0.2, 0) is 4.79 Å². The van der Waals surface area contributed by atoms with Gasteiger partial charge in [0.25, 0.3) is 5.91 Å². The molecule has 114 valence electrons. The first-order chi connectivity index (χ1) is 9.97. The Kier molecular flexibility index (Phi) is 4.88. The van der Waals surface area contributed by atoms with Crippen LogP contribution in [0.1, 0.15) is 49.4 Å². The van der Waals surface area contributed by atoms with Crippen molar-refractivity contribution in [1.82, 2.24) is 5.32 Å². The predicted molar refractivity (Wildman–Crippen MR) is 81.5 cm³/mol. The number of amides is 1. The van der Waals surface area contributed by atoms with Gasteiger partial charge in [0.1, 0.15) is 5.54 Å². The molecule has 1 aromatic rings. The standard InChI is InChI=1S/C16H20ClNO3/c1-2-11-6-8-16(9-7-11,15(20)21)18-14(19)12-4-3-5-13(17)10-12/h3-5,10-11H,2,6-9H2,1H3,(H,18,19)(H,20,21). The summed E-state index contributed by atoms with van der Waals surface area (Å²) in [7, 11) is 0. The molecule has 2 N–H and O–H groups in total. The summed E-state index contributed by atoms with van der Waals surface area (Å²) < 4.78 is 0. The van der Waals surface area contributed by atoms with Crippen molar-refractivity contribution >= 4 is 23.5 Å². The lowest BCUT2D eigenvalue weighted by atomic mass is 9.75. The predicted octanol–water partition coefficient (Wildman–Crippen LogP) is 3.49. The Morgan fingerprint density at radius 1 is 1.38 bits per heavy atom. The highest BCUT2D eigenvalue weighted by atomic mass is 35.5. The summed E-state index contributed by atoms with van der Waals surface area (Å²) >= 11 is 5.87. The summed E-state index contributed by atoms with van der Waals surface area (Å²) in [5.74, 6) is -0.775. The molecule has 0 aromatic heterocycles. The molecule has 0 aliphatic heterocycles. The second-order valence-electron chi connectivity index (χ2n) is 5.70. The van der Waals surface area contributed by atoms with E-state index in [0.29, 0.717) is 29.3 Å². The summed E-state index contributed by atoms with van der Waals surface area (Å²) in [5, 5.41) is 12.7. The maximum Gasteiger partial charge on any atom is 0.329 e. The number of carbonyl (C=O) groups is 2. The molecule has 2 rings (SSSR count). The summed E-state index contributed by atoms with van der Waals surface area (Å²) in [6.45, 7) is 2.11. The Morgan fingerprint density at radius 2 is 2.05 bits per heavy atom. The summed E-state index contributed by atoms with van der Waals surface area (Å²) in [4.78, 5) is 24.0. The van der Waals surface area contributed by atoms with Crippen LogP contribution < -0.4 is 5.32 Å². The Labute approximate surface area is 129 Å². The van der Waals surface area contributed by atoms with E-state index in [9.17, 15) is 14.7 Å². The zero-order valence-corrected chi connectivity index (χ0v) is 12.8. The number of carboxylic acids is 1. The van der Waals surface area contributed by atoms with Crippen LogP contribution in [0.3, 0.4) is 0 Å². The molecule has 4 nitrogen and oxygen atoms in total. The highest BCUT2D eigenvalue weighted by Crippen LogP contribution is 2.34. The third-order valence-electron chi connectivity index (χ3n) is 4.39. The Morgan fingerprint density at radius 3 is 2.57 bits per heavy atom. The molecule has 1 aliphatic rings. The Hall–Kier alpha value is -1.55. The maximum absolute atomic E-state index is 12.3. The average molecular weight is 310 g/mol. The molecule has 21 heavy (non-hydrogen) atoms. The van der Waals surface area contributed by atoms with E-state index in [2.05, 4.69) is 12.2 Å². The lowest BCUT2D eigenvalue weighted by Crippen LogP contribution is -2.56. The minimum absolute atomic E-state index is 0.380. The number of benzene rings is 1. The van der Waals surface area contributed by atoms with Crippen molar-refractivity contribution in [2.45, 2.75) is 44.6 Å². The van der Waals surface area contributed by atoms with Crippen LogP contribution in [0, 0.1) is 5.92 Å². The minimum atomic E-state index is -1.15. The van der Waals surface area contributed by atoms with Gasteiger partial charge < -0.3 is 10.4 Å². The molecule has 0 radical (unpaired) electrons. The third-order valence-corrected chi connectivity index (χ3v) is 4.62. The molecule has 1 amide bonds. The van der Waals surface area contributed by atoms with Gasteiger partial charge in [-0.15, -0.1) is 0 Å². The molecular weight excluding hydrogens is 290 g/mol. The fourth-order valence-electron chi connectivity index (χ4n) is 2.89. The van der Waals surface area contributed by atoms with Crippen molar-refractivity contribution in [3.8, 4) is 0 Å². The van der Waals surface area contributed by atoms with Crippen LogP contribution in [0.2, 0.25) is 5.02 Å². The number of nitrogens with one attached hydrogen (secondary N) is 1. The molecule has 0 heterocycles. The lowest BCUT2D eigenvalue weighted by Gasteiger charge is -2.37. The summed E-state index contributed by atoms with van der Waals surface area (Å²) in [6, 6.07) is 6.54. The molecule has 0 bridgehead atoms. The molecule has 1 saturated carbocycles. The van der Waals surface area contributed by atoms with E-state index in [1.807, 2.05) is 0 Å². The van der Waals surface area contributed by atoms with E-state index >= 15 is 0 Å². The van der Waals surface area contributed by atoms with E-state index in [-0.39, 0.29) is 5.91 Å². The minimum Gasteiger partial charge on any atom is -0.480 e. The fraction of sp³-hybridized carbons (Fsp3) is 0.500. The number of aliphatic carboxylic acids is 1. The van der Waals surface area contributed by atoms with E-state index in [4.69, 9.17) is 11.6 Å². The average Bonchev–Trinajstić information content (AvgIpc) is 2.47. The van der Waals surface area contributed by atoms with Crippen molar-refractivity contribution in [3.05, 3.63) is 34.9 Å². The highest BCUT2D eigenvalue weighted by Gasteiger charge is 2.43. The number of rotatable bonds is 4. The molecule has 0 saturated heterocycles. The lowest BCUT2D eigenvalue weighted by molar-refractivity contribution is -0.146. The Balaban J connectivity index is 2.14. The van der Waals surface area contributed by atoms with Gasteiger partial charge in [-0.05, 0) is 49.8 Å². The molecule has 0 unspecified atom stereocenters. The quantitative estimate of drug-likeness (QED) is 0.894. The zero-order valence-electron chi connectivity index (χ0n) is 12.1. The van der Waals surface area contributed by atoms with Gasteiger partial charge in [0.15, 0.2) is 0 Å². The molecule has 0 spiro atoms. The molecule has 0 atom stereocenters. The van der Waals surface area contributed by atoms with Crippen LogP contribution in [0.25, 0.3) is 0 Å². The smallest absolute Gasteiger partial charge is 0.329 e.